The lowest BCUT2D eigenvalue weighted by Gasteiger charge is -2.18. The molecule has 0 saturated carbocycles. The highest BCUT2D eigenvalue weighted by molar-refractivity contribution is 6.02. The van der Waals surface area contributed by atoms with Crippen molar-refractivity contribution >= 4 is 22.0 Å². The third kappa shape index (κ3) is 4.88. The van der Waals surface area contributed by atoms with Crippen LogP contribution in [-0.2, 0) is 0 Å². The summed E-state index contributed by atoms with van der Waals surface area (Å²) >= 11 is 0. The Hall–Kier alpha value is -3.77. The molecule has 0 unspecified atom stereocenters. The third-order valence-corrected chi connectivity index (χ3v) is 7.66. The molecule has 6 rings (SSSR count). The fourth-order valence-corrected chi connectivity index (χ4v) is 5.67. The maximum absolute atomic E-state index is 12.5. The van der Waals surface area contributed by atoms with Crippen LogP contribution >= 0.6 is 0 Å². The number of ether oxygens (including phenoxy) is 2. The molecule has 196 valence electrons. The van der Waals surface area contributed by atoms with Gasteiger partial charge in [-0.05, 0) is 89.4 Å². The van der Waals surface area contributed by atoms with Crippen LogP contribution in [0.25, 0.3) is 22.0 Å². The molecule has 2 N–H and O–H groups in total. The van der Waals surface area contributed by atoms with Crippen molar-refractivity contribution in [1.29, 1.82) is 0 Å². The normalized spacial score (nSPS) is 17.9. The molecule has 3 heterocycles. The van der Waals surface area contributed by atoms with E-state index in [0.29, 0.717) is 18.8 Å². The van der Waals surface area contributed by atoms with E-state index < -0.39 is 0 Å². The number of aromatic nitrogens is 1. The van der Waals surface area contributed by atoms with Crippen LogP contribution < -0.4 is 9.47 Å². The first-order chi connectivity index (χ1) is 18.6. The number of nitrogens with one attached hydrogen (secondary N) is 1. The number of alkyl halides is 1. The number of aromatic hydroxyl groups is 1. The zero-order valence-electron chi connectivity index (χ0n) is 21.7. The number of rotatable bonds is 7. The quantitative estimate of drug-likeness (QED) is 0.288. The van der Waals surface area contributed by atoms with Crippen molar-refractivity contribution in [2.24, 2.45) is 0 Å². The molecule has 0 aliphatic carbocycles. The number of benzene rings is 3. The highest BCUT2D eigenvalue weighted by Crippen LogP contribution is 2.43. The van der Waals surface area contributed by atoms with Gasteiger partial charge >= 0.3 is 0 Å². The number of hydrogen-bond donors (Lipinski definition) is 2. The second kappa shape index (κ2) is 10.5. The van der Waals surface area contributed by atoms with Crippen molar-refractivity contribution in [2.75, 3.05) is 32.9 Å². The first-order valence-electron chi connectivity index (χ1n) is 13.4. The van der Waals surface area contributed by atoms with Gasteiger partial charge in [0.1, 0.15) is 23.4 Å². The Morgan fingerprint density at radius 2 is 1.92 bits per heavy atom. The van der Waals surface area contributed by atoms with Crippen molar-refractivity contribution in [3.05, 3.63) is 89.1 Å². The van der Waals surface area contributed by atoms with Gasteiger partial charge in [-0.3, -0.25) is 9.29 Å². The maximum Gasteiger partial charge on any atom is 0.130 e. The van der Waals surface area contributed by atoms with E-state index in [0.717, 1.165) is 71.6 Å². The number of fused-ring (bicyclic) bond motifs is 2. The average molecular weight is 513 g/mol. The van der Waals surface area contributed by atoms with Crippen LogP contribution in [0.4, 0.5) is 4.39 Å². The van der Waals surface area contributed by atoms with Crippen molar-refractivity contribution in [3.63, 3.8) is 0 Å². The van der Waals surface area contributed by atoms with Crippen molar-refractivity contribution in [3.8, 4) is 17.2 Å². The number of halogens is 1. The van der Waals surface area contributed by atoms with Gasteiger partial charge in [0.2, 0.25) is 0 Å². The zero-order chi connectivity index (χ0) is 26.1. The second-order valence-electron chi connectivity index (χ2n) is 10.3. The van der Waals surface area contributed by atoms with Gasteiger partial charge in [-0.2, -0.15) is 0 Å². The first kappa shape index (κ1) is 24.6. The Balaban J connectivity index is 1.37. The number of likely N-dealkylation sites (tertiary alicyclic amines) is 1. The molecular formula is C32H33FN2O3. The molecule has 1 aromatic heterocycles. The lowest BCUT2D eigenvalue weighted by Crippen LogP contribution is -2.26. The van der Waals surface area contributed by atoms with E-state index in [1.165, 1.54) is 11.0 Å². The highest BCUT2D eigenvalue weighted by atomic mass is 19.1. The summed E-state index contributed by atoms with van der Waals surface area (Å²) in [4.78, 5) is 5.56. The highest BCUT2D eigenvalue weighted by Gasteiger charge is 2.25. The third-order valence-electron chi connectivity index (χ3n) is 7.66. The lowest BCUT2D eigenvalue weighted by atomic mass is 9.87. The number of phenols is 1. The van der Waals surface area contributed by atoms with Crippen LogP contribution in [0.1, 0.15) is 41.5 Å². The molecular weight excluding hydrogens is 479 g/mol. The Morgan fingerprint density at radius 1 is 1.08 bits per heavy atom. The number of aryl methyl sites for hydroxylation is 1. The summed E-state index contributed by atoms with van der Waals surface area (Å²) in [6.07, 6.45) is 4.37. The minimum atomic E-state index is -0.270. The van der Waals surface area contributed by atoms with E-state index >= 15 is 0 Å². The molecule has 1 fully saturated rings. The van der Waals surface area contributed by atoms with Crippen LogP contribution in [0, 0.1) is 6.92 Å². The molecule has 4 aromatic rings. The van der Waals surface area contributed by atoms with E-state index in [1.54, 1.807) is 6.07 Å². The average Bonchev–Trinajstić information content (AvgIpc) is 3.54. The van der Waals surface area contributed by atoms with Crippen LogP contribution in [0.5, 0.6) is 17.2 Å². The summed E-state index contributed by atoms with van der Waals surface area (Å²) in [7, 11) is 0. The molecule has 2 aliphatic rings. The van der Waals surface area contributed by atoms with Crippen LogP contribution in [0.3, 0.4) is 0 Å². The van der Waals surface area contributed by atoms with E-state index in [1.807, 2.05) is 31.3 Å². The molecule has 38 heavy (non-hydrogen) atoms. The largest absolute Gasteiger partial charge is 0.508 e. The van der Waals surface area contributed by atoms with Gasteiger partial charge < -0.3 is 19.6 Å². The fraction of sp³-hybridized carbons (Fsp3) is 0.312. The van der Waals surface area contributed by atoms with E-state index in [2.05, 4.69) is 46.3 Å². The molecule has 1 atom stereocenters. The van der Waals surface area contributed by atoms with Gasteiger partial charge in [-0.1, -0.05) is 18.2 Å². The van der Waals surface area contributed by atoms with Gasteiger partial charge in [0.15, 0.2) is 0 Å². The number of aromatic amines is 1. The molecule has 5 nitrogen and oxygen atoms in total. The minimum Gasteiger partial charge on any atom is -0.508 e. The summed E-state index contributed by atoms with van der Waals surface area (Å²) in [6, 6.07) is 20.7. The number of nitrogens with zero attached hydrogens (tertiary/aromatic N) is 1. The van der Waals surface area contributed by atoms with Crippen LogP contribution in [-0.4, -0.2) is 54.0 Å². The summed E-state index contributed by atoms with van der Waals surface area (Å²) in [6.45, 7) is 4.75. The summed E-state index contributed by atoms with van der Waals surface area (Å²) < 4.78 is 25.0. The van der Waals surface area contributed by atoms with Crippen molar-refractivity contribution in [1.82, 2.24) is 9.88 Å². The van der Waals surface area contributed by atoms with Gasteiger partial charge in [0.05, 0.1) is 13.3 Å². The monoisotopic (exact) mass is 512 g/mol. The molecule has 2 aliphatic heterocycles. The Kier molecular flexibility index (Phi) is 6.81. The van der Waals surface area contributed by atoms with Gasteiger partial charge in [-0.25, -0.2) is 0 Å². The van der Waals surface area contributed by atoms with Gasteiger partial charge in [0.25, 0.3) is 0 Å². The number of H-pyrrole nitrogens is 1. The van der Waals surface area contributed by atoms with E-state index in [-0.39, 0.29) is 18.5 Å². The lowest BCUT2D eigenvalue weighted by molar-refractivity contribution is 0.198. The molecule has 6 heteroatoms. The number of hydrogen-bond acceptors (Lipinski definition) is 4. The first-order valence-corrected chi connectivity index (χ1v) is 13.4. The van der Waals surface area contributed by atoms with Crippen molar-refractivity contribution < 1.29 is 19.0 Å². The molecule has 0 spiro atoms. The molecule has 0 bridgehead atoms. The zero-order valence-corrected chi connectivity index (χ0v) is 21.7. The second-order valence-corrected chi connectivity index (χ2v) is 10.3. The Bertz CT molecular complexity index is 1470. The molecule has 1 saturated heterocycles. The van der Waals surface area contributed by atoms with Gasteiger partial charge in [-0.15, -0.1) is 0 Å². The Morgan fingerprint density at radius 3 is 2.76 bits per heavy atom. The predicted octanol–water partition coefficient (Wildman–Crippen LogP) is 6.74. The molecule has 0 amide bonds. The summed E-state index contributed by atoms with van der Waals surface area (Å²) in [5.41, 5.74) is 7.47. The van der Waals surface area contributed by atoms with E-state index in [9.17, 15) is 9.50 Å². The Labute approximate surface area is 222 Å². The van der Waals surface area contributed by atoms with Crippen LogP contribution in [0.2, 0.25) is 0 Å². The summed E-state index contributed by atoms with van der Waals surface area (Å²) in [5.74, 6) is 1.77. The van der Waals surface area contributed by atoms with Gasteiger partial charge in [0, 0.05) is 49.4 Å². The van der Waals surface area contributed by atoms with Crippen LogP contribution in [0.15, 0.2) is 66.9 Å². The van der Waals surface area contributed by atoms with E-state index in [4.69, 9.17) is 9.47 Å². The predicted molar refractivity (Wildman–Crippen MR) is 150 cm³/mol. The summed E-state index contributed by atoms with van der Waals surface area (Å²) in [5, 5.41) is 11.6. The van der Waals surface area contributed by atoms with Crippen molar-refractivity contribution in [2.45, 2.75) is 32.3 Å². The smallest absolute Gasteiger partial charge is 0.130 e. The topological polar surface area (TPSA) is 57.7 Å². The molecule has 0 radical (unpaired) electrons. The maximum atomic E-state index is 12.5. The minimum absolute atomic E-state index is 0.126. The number of phenolic OH excluding ortho intramolecular Hbond substituents is 1. The fourth-order valence-electron chi connectivity index (χ4n) is 5.67. The standard InChI is InChI=1S/C32H33FN2O3/c1-21-17-28-31(19-30(21)36)37-16-11-27(23-5-8-29-24(18-23)9-13-34-29)32(28)22-3-6-25(7-4-22)38-26-10-15-35(20-26)14-2-12-33/h3-9,13,17-19,26,34,36H,2,10-12,14-16,20H2,1H3/t26-/m0/s1. The SMILES string of the molecule is Cc1cc2c(cc1O)OCCC(c1ccc3[nH]ccc3c1)=C2c1ccc(O[C@H]2CCN(CCCF)C2)cc1. The molecule has 3 aromatic carbocycles.